The molecule has 128 valence electrons. The van der Waals surface area contributed by atoms with Gasteiger partial charge >= 0.3 is 0 Å². The number of carbonyl (C=O) groups is 1. The van der Waals surface area contributed by atoms with Gasteiger partial charge in [0, 0.05) is 38.9 Å². The fraction of sp³-hybridized carbons (Fsp3) is 0.444. The molecule has 1 amide bonds. The van der Waals surface area contributed by atoms with E-state index in [4.69, 9.17) is 0 Å². The standard InChI is InChI=1S/C18H24N4OS/c1-13-7-4-5-8-15(13)21-9-6-10-22(12-11-21)17(23)16-14(2)20-18(19-3)24-16/h4-5,7-8H,6,9-12H2,1-3H3,(H,19,20). The van der Waals surface area contributed by atoms with Gasteiger partial charge in [0.2, 0.25) is 0 Å². The number of hydrogen-bond donors (Lipinski definition) is 1. The summed E-state index contributed by atoms with van der Waals surface area (Å²) >= 11 is 1.44. The van der Waals surface area contributed by atoms with Crippen LogP contribution in [0.25, 0.3) is 0 Å². The number of amides is 1. The van der Waals surface area contributed by atoms with Crippen molar-refractivity contribution < 1.29 is 4.79 Å². The Labute approximate surface area is 147 Å². The normalized spacial score (nSPS) is 15.3. The number of aromatic nitrogens is 1. The van der Waals surface area contributed by atoms with Gasteiger partial charge in [0.25, 0.3) is 5.91 Å². The van der Waals surface area contributed by atoms with Crippen molar-refractivity contribution in [3.05, 3.63) is 40.4 Å². The van der Waals surface area contributed by atoms with Crippen LogP contribution in [0.15, 0.2) is 24.3 Å². The molecule has 1 aliphatic rings. The molecule has 1 fully saturated rings. The summed E-state index contributed by atoms with van der Waals surface area (Å²) in [6.07, 6.45) is 0.983. The lowest BCUT2D eigenvalue weighted by molar-refractivity contribution is 0.0771. The lowest BCUT2D eigenvalue weighted by atomic mass is 10.2. The molecule has 1 aromatic heterocycles. The van der Waals surface area contributed by atoms with Crippen molar-refractivity contribution >= 4 is 28.1 Å². The van der Waals surface area contributed by atoms with Crippen LogP contribution in [0.5, 0.6) is 0 Å². The number of carbonyl (C=O) groups excluding carboxylic acids is 1. The maximum atomic E-state index is 12.9. The minimum atomic E-state index is 0.109. The minimum absolute atomic E-state index is 0.109. The highest BCUT2D eigenvalue weighted by atomic mass is 32.1. The number of nitrogens with zero attached hydrogens (tertiary/aromatic N) is 3. The maximum absolute atomic E-state index is 12.9. The Kier molecular flexibility index (Phi) is 5.04. The number of nitrogens with one attached hydrogen (secondary N) is 1. The molecule has 6 heteroatoms. The number of hydrogen-bond acceptors (Lipinski definition) is 5. The first-order valence-electron chi connectivity index (χ1n) is 8.35. The molecule has 1 aliphatic heterocycles. The summed E-state index contributed by atoms with van der Waals surface area (Å²) in [7, 11) is 1.83. The zero-order valence-corrected chi connectivity index (χ0v) is 15.3. The summed E-state index contributed by atoms with van der Waals surface area (Å²) in [5.41, 5.74) is 3.38. The molecule has 0 aliphatic carbocycles. The van der Waals surface area contributed by atoms with E-state index in [0.29, 0.717) is 0 Å². The molecule has 24 heavy (non-hydrogen) atoms. The lowest BCUT2D eigenvalue weighted by Crippen LogP contribution is -2.35. The van der Waals surface area contributed by atoms with E-state index in [0.717, 1.165) is 48.3 Å². The van der Waals surface area contributed by atoms with Crippen molar-refractivity contribution in [2.45, 2.75) is 20.3 Å². The first-order chi connectivity index (χ1) is 11.6. The third-order valence-corrected chi connectivity index (χ3v) is 5.61. The molecule has 1 N–H and O–H groups in total. The van der Waals surface area contributed by atoms with E-state index >= 15 is 0 Å². The highest BCUT2D eigenvalue weighted by molar-refractivity contribution is 7.17. The van der Waals surface area contributed by atoms with E-state index in [2.05, 4.69) is 46.4 Å². The van der Waals surface area contributed by atoms with Crippen molar-refractivity contribution in [1.82, 2.24) is 9.88 Å². The van der Waals surface area contributed by atoms with Crippen LogP contribution in [0.1, 0.15) is 27.3 Å². The molecule has 0 atom stereocenters. The highest BCUT2D eigenvalue weighted by Gasteiger charge is 2.24. The second-order valence-electron chi connectivity index (χ2n) is 6.10. The summed E-state index contributed by atoms with van der Waals surface area (Å²) in [4.78, 5) is 22.4. The number of benzene rings is 1. The molecule has 0 radical (unpaired) electrons. The summed E-state index contributed by atoms with van der Waals surface area (Å²) in [6, 6.07) is 8.46. The molecular weight excluding hydrogens is 320 g/mol. The van der Waals surface area contributed by atoms with Crippen LogP contribution in [0.3, 0.4) is 0 Å². The molecule has 0 unspecified atom stereocenters. The Morgan fingerprint density at radius 1 is 1.17 bits per heavy atom. The quantitative estimate of drug-likeness (QED) is 0.929. The van der Waals surface area contributed by atoms with Crippen LogP contribution in [-0.4, -0.2) is 49.0 Å². The SMILES string of the molecule is CNc1nc(C)c(C(=O)N2CCCN(c3ccccc3C)CC2)s1. The van der Waals surface area contributed by atoms with Crippen LogP contribution in [0.2, 0.25) is 0 Å². The van der Waals surface area contributed by atoms with Gasteiger partial charge in [-0.1, -0.05) is 29.5 Å². The Hall–Kier alpha value is -2.08. The van der Waals surface area contributed by atoms with E-state index in [9.17, 15) is 4.79 Å². The topological polar surface area (TPSA) is 48.5 Å². The number of rotatable bonds is 3. The van der Waals surface area contributed by atoms with E-state index < -0.39 is 0 Å². The van der Waals surface area contributed by atoms with Crippen LogP contribution < -0.4 is 10.2 Å². The molecule has 0 saturated carbocycles. The third kappa shape index (κ3) is 3.38. The number of thiazole rings is 1. The average molecular weight is 344 g/mol. The zero-order chi connectivity index (χ0) is 17.1. The van der Waals surface area contributed by atoms with Gasteiger partial charge in [0.1, 0.15) is 4.88 Å². The largest absolute Gasteiger partial charge is 0.369 e. The highest BCUT2D eigenvalue weighted by Crippen LogP contribution is 2.25. The van der Waals surface area contributed by atoms with Crippen molar-refractivity contribution in [2.24, 2.45) is 0 Å². The lowest BCUT2D eigenvalue weighted by Gasteiger charge is -2.25. The predicted octanol–water partition coefficient (Wildman–Crippen LogP) is 3.15. The first kappa shape index (κ1) is 16.8. The monoisotopic (exact) mass is 344 g/mol. The smallest absolute Gasteiger partial charge is 0.265 e. The predicted molar refractivity (Wildman–Crippen MR) is 100 cm³/mol. The fourth-order valence-corrected chi connectivity index (χ4v) is 4.01. The zero-order valence-electron chi connectivity index (χ0n) is 14.5. The number of aryl methyl sites for hydroxylation is 2. The van der Waals surface area contributed by atoms with E-state index in [1.807, 2.05) is 18.9 Å². The first-order valence-corrected chi connectivity index (χ1v) is 9.17. The number of para-hydroxylation sites is 1. The molecule has 3 rings (SSSR count). The minimum Gasteiger partial charge on any atom is -0.369 e. The van der Waals surface area contributed by atoms with Crippen molar-refractivity contribution in [3.8, 4) is 0 Å². The van der Waals surface area contributed by atoms with Gasteiger partial charge in [-0.3, -0.25) is 4.79 Å². The van der Waals surface area contributed by atoms with E-state index in [1.165, 1.54) is 22.6 Å². The molecule has 0 bridgehead atoms. The summed E-state index contributed by atoms with van der Waals surface area (Å²) in [6.45, 7) is 7.45. The second-order valence-corrected chi connectivity index (χ2v) is 7.10. The maximum Gasteiger partial charge on any atom is 0.265 e. The molecular formula is C18H24N4OS. The van der Waals surface area contributed by atoms with E-state index in [-0.39, 0.29) is 5.91 Å². The Morgan fingerprint density at radius 3 is 2.67 bits per heavy atom. The molecule has 5 nitrogen and oxygen atoms in total. The van der Waals surface area contributed by atoms with Crippen molar-refractivity contribution in [3.63, 3.8) is 0 Å². The van der Waals surface area contributed by atoms with Gasteiger partial charge in [-0.25, -0.2) is 4.98 Å². The third-order valence-electron chi connectivity index (χ3n) is 4.44. The van der Waals surface area contributed by atoms with Gasteiger partial charge in [-0.2, -0.15) is 0 Å². The van der Waals surface area contributed by atoms with Crippen LogP contribution >= 0.6 is 11.3 Å². The molecule has 1 aromatic carbocycles. The molecule has 0 spiro atoms. The van der Waals surface area contributed by atoms with Gasteiger partial charge < -0.3 is 15.1 Å². The van der Waals surface area contributed by atoms with Gasteiger partial charge in [0.15, 0.2) is 5.13 Å². The summed E-state index contributed by atoms with van der Waals surface area (Å²) in [5.74, 6) is 0.109. The van der Waals surface area contributed by atoms with Gasteiger partial charge in [-0.05, 0) is 31.9 Å². The Bertz CT molecular complexity index is 728. The van der Waals surface area contributed by atoms with Crippen molar-refractivity contribution in [1.29, 1.82) is 0 Å². The summed E-state index contributed by atoms with van der Waals surface area (Å²) in [5, 5.41) is 3.82. The van der Waals surface area contributed by atoms with Gasteiger partial charge in [0.05, 0.1) is 5.69 Å². The Morgan fingerprint density at radius 2 is 1.96 bits per heavy atom. The number of anilines is 2. The second kappa shape index (κ2) is 7.21. The van der Waals surface area contributed by atoms with E-state index in [1.54, 1.807) is 0 Å². The van der Waals surface area contributed by atoms with Crippen LogP contribution in [0, 0.1) is 13.8 Å². The summed E-state index contributed by atoms with van der Waals surface area (Å²) < 4.78 is 0. The molecule has 2 aromatic rings. The van der Waals surface area contributed by atoms with Crippen molar-refractivity contribution in [2.75, 3.05) is 43.4 Å². The molecule has 2 heterocycles. The average Bonchev–Trinajstić information content (AvgIpc) is 2.80. The Balaban J connectivity index is 1.72. The van der Waals surface area contributed by atoms with Crippen LogP contribution in [-0.2, 0) is 0 Å². The molecule has 1 saturated heterocycles. The van der Waals surface area contributed by atoms with Crippen LogP contribution in [0.4, 0.5) is 10.8 Å². The fourth-order valence-electron chi connectivity index (χ4n) is 3.13. The van der Waals surface area contributed by atoms with Gasteiger partial charge in [-0.15, -0.1) is 0 Å².